The van der Waals surface area contributed by atoms with E-state index in [9.17, 15) is 9.59 Å². The number of amides is 2. The van der Waals surface area contributed by atoms with E-state index < -0.39 is 0 Å². The van der Waals surface area contributed by atoms with Crippen LogP contribution in [0.3, 0.4) is 0 Å². The van der Waals surface area contributed by atoms with Gasteiger partial charge in [-0.25, -0.2) is 0 Å². The second-order valence-electron chi connectivity index (χ2n) is 4.90. The molecular weight excluding hydrogens is 346 g/mol. The van der Waals surface area contributed by atoms with Crippen molar-refractivity contribution in [1.82, 2.24) is 9.47 Å². The quantitative estimate of drug-likeness (QED) is 0.887. The molecular formula is C16H18BrN3O2. The topological polar surface area (TPSA) is 54.3 Å². The average Bonchev–Trinajstić information content (AvgIpc) is 2.88. The van der Waals surface area contributed by atoms with E-state index in [1.807, 2.05) is 35.9 Å². The molecule has 0 spiro atoms. The standard InChI is InChI=1S/C16H18BrN3O2/c1-3-20-10-12(17)9-14(20)16(22)19(2)11-15(21)18-13-7-5-4-6-8-13/h4-10H,3,11H2,1-2H3,(H,18,21). The molecule has 1 aromatic heterocycles. The van der Waals surface area contributed by atoms with Gasteiger partial charge in [-0.2, -0.15) is 0 Å². The number of benzene rings is 1. The molecule has 0 unspecified atom stereocenters. The summed E-state index contributed by atoms with van der Waals surface area (Å²) in [6.45, 7) is 2.66. The van der Waals surface area contributed by atoms with Gasteiger partial charge in [-0.3, -0.25) is 9.59 Å². The minimum Gasteiger partial charge on any atom is -0.343 e. The van der Waals surface area contributed by atoms with Crippen LogP contribution in [0.2, 0.25) is 0 Å². The molecule has 0 saturated carbocycles. The monoisotopic (exact) mass is 363 g/mol. The molecule has 0 aliphatic rings. The van der Waals surface area contributed by atoms with Crippen molar-refractivity contribution in [3.8, 4) is 0 Å². The van der Waals surface area contributed by atoms with Gasteiger partial charge in [-0.1, -0.05) is 18.2 Å². The Morgan fingerprint density at radius 1 is 1.27 bits per heavy atom. The third-order valence-corrected chi connectivity index (χ3v) is 3.64. The number of hydrogen-bond donors (Lipinski definition) is 1. The van der Waals surface area contributed by atoms with Crippen LogP contribution in [0.25, 0.3) is 0 Å². The van der Waals surface area contributed by atoms with E-state index in [1.54, 1.807) is 25.2 Å². The van der Waals surface area contributed by atoms with Crippen molar-refractivity contribution in [2.24, 2.45) is 0 Å². The van der Waals surface area contributed by atoms with Crippen LogP contribution < -0.4 is 5.32 Å². The normalized spacial score (nSPS) is 10.3. The van der Waals surface area contributed by atoms with Crippen molar-refractivity contribution < 1.29 is 9.59 Å². The number of para-hydroxylation sites is 1. The average molecular weight is 364 g/mol. The van der Waals surface area contributed by atoms with Crippen molar-refractivity contribution in [3.05, 3.63) is 52.8 Å². The van der Waals surface area contributed by atoms with Crippen LogP contribution in [0.1, 0.15) is 17.4 Å². The number of rotatable bonds is 5. The SMILES string of the molecule is CCn1cc(Br)cc1C(=O)N(C)CC(=O)Nc1ccccc1. The van der Waals surface area contributed by atoms with Gasteiger partial charge in [0.25, 0.3) is 5.91 Å². The van der Waals surface area contributed by atoms with Gasteiger partial charge < -0.3 is 14.8 Å². The van der Waals surface area contributed by atoms with E-state index in [0.717, 1.165) is 4.47 Å². The van der Waals surface area contributed by atoms with Gasteiger partial charge in [0, 0.05) is 29.9 Å². The molecule has 0 atom stereocenters. The maximum atomic E-state index is 12.4. The van der Waals surface area contributed by atoms with Crippen LogP contribution >= 0.6 is 15.9 Å². The van der Waals surface area contributed by atoms with Crippen LogP contribution in [0.4, 0.5) is 5.69 Å². The second-order valence-corrected chi connectivity index (χ2v) is 5.82. The Labute approximate surface area is 138 Å². The third-order valence-electron chi connectivity index (χ3n) is 3.21. The highest BCUT2D eigenvalue weighted by atomic mass is 79.9. The molecule has 22 heavy (non-hydrogen) atoms. The van der Waals surface area contributed by atoms with Gasteiger partial charge in [0.1, 0.15) is 5.69 Å². The van der Waals surface area contributed by atoms with Crippen molar-refractivity contribution in [2.75, 3.05) is 18.9 Å². The number of nitrogens with one attached hydrogen (secondary N) is 1. The molecule has 1 aromatic carbocycles. The molecule has 0 aliphatic carbocycles. The van der Waals surface area contributed by atoms with Gasteiger partial charge in [0.15, 0.2) is 0 Å². The maximum absolute atomic E-state index is 12.4. The smallest absolute Gasteiger partial charge is 0.270 e. The Balaban J connectivity index is 2.00. The maximum Gasteiger partial charge on any atom is 0.270 e. The van der Waals surface area contributed by atoms with Gasteiger partial charge >= 0.3 is 0 Å². The van der Waals surface area contributed by atoms with Crippen LogP contribution in [-0.2, 0) is 11.3 Å². The van der Waals surface area contributed by atoms with Gasteiger partial charge in [0.05, 0.1) is 6.54 Å². The predicted octanol–water partition coefficient (Wildman–Crippen LogP) is 2.98. The van der Waals surface area contributed by atoms with Gasteiger partial charge in [-0.15, -0.1) is 0 Å². The number of anilines is 1. The molecule has 2 amide bonds. The van der Waals surface area contributed by atoms with Crippen molar-refractivity contribution in [1.29, 1.82) is 0 Å². The lowest BCUT2D eigenvalue weighted by molar-refractivity contribution is -0.116. The number of carbonyl (C=O) groups is 2. The number of likely N-dealkylation sites (N-methyl/N-ethyl adjacent to an activating group) is 1. The lowest BCUT2D eigenvalue weighted by Crippen LogP contribution is -2.35. The summed E-state index contributed by atoms with van der Waals surface area (Å²) in [7, 11) is 1.62. The molecule has 2 rings (SSSR count). The fourth-order valence-corrected chi connectivity index (χ4v) is 2.58. The highest BCUT2D eigenvalue weighted by Crippen LogP contribution is 2.16. The zero-order valence-electron chi connectivity index (χ0n) is 12.5. The summed E-state index contributed by atoms with van der Waals surface area (Å²) in [5.74, 6) is -0.411. The van der Waals surface area contributed by atoms with Crippen molar-refractivity contribution in [3.63, 3.8) is 0 Å². The molecule has 0 aliphatic heterocycles. The Morgan fingerprint density at radius 3 is 2.59 bits per heavy atom. The number of carbonyl (C=O) groups excluding carboxylic acids is 2. The fourth-order valence-electron chi connectivity index (χ4n) is 2.12. The van der Waals surface area contributed by atoms with Crippen molar-refractivity contribution >= 4 is 33.4 Å². The second kappa shape index (κ2) is 7.26. The minimum absolute atomic E-state index is 0.000239. The Bertz CT molecular complexity index is 667. The fraction of sp³-hybridized carbons (Fsp3) is 0.250. The summed E-state index contributed by atoms with van der Waals surface area (Å²) in [6.07, 6.45) is 1.85. The molecule has 2 aromatic rings. The lowest BCUT2D eigenvalue weighted by atomic mass is 10.3. The molecule has 1 heterocycles. The Kier molecular flexibility index (Phi) is 5.38. The largest absolute Gasteiger partial charge is 0.343 e. The highest BCUT2D eigenvalue weighted by molar-refractivity contribution is 9.10. The molecule has 6 heteroatoms. The summed E-state index contributed by atoms with van der Waals surface area (Å²) in [6, 6.07) is 10.9. The first-order valence-electron chi connectivity index (χ1n) is 6.97. The van der Waals surface area contributed by atoms with Crippen LogP contribution in [0.5, 0.6) is 0 Å². The molecule has 1 N–H and O–H groups in total. The highest BCUT2D eigenvalue weighted by Gasteiger charge is 2.18. The number of nitrogens with zero attached hydrogens (tertiary/aromatic N) is 2. The van der Waals surface area contributed by atoms with E-state index in [-0.39, 0.29) is 18.4 Å². The zero-order valence-corrected chi connectivity index (χ0v) is 14.1. The number of aryl methyl sites for hydroxylation is 1. The summed E-state index contributed by atoms with van der Waals surface area (Å²) in [5, 5.41) is 2.76. The predicted molar refractivity (Wildman–Crippen MR) is 89.8 cm³/mol. The Morgan fingerprint density at radius 2 is 1.95 bits per heavy atom. The first-order valence-corrected chi connectivity index (χ1v) is 7.76. The van der Waals surface area contributed by atoms with Crippen LogP contribution in [-0.4, -0.2) is 34.9 Å². The van der Waals surface area contributed by atoms with Gasteiger partial charge in [0.2, 0.25) is 5.91 Å². The molecule has 0 radical (unpaired) electrons. The Hall–Kier alpha value is -2.08. The van der Waals surface area contributed by atoms with Gasteiger partial charge in [-0.05, 0) is 41.1 Å². The van der Waals surface area contributed by atoms with Crippen LogP contribution in [0, 0.1) is 0 Å². The molecule has 116 valence electrons. The number of hydrogen-bond acceptors (Lipinski definition) is 2. The first kappa shape index (κ1) is 16.3. The summed E-state index contributed by atoms with van der Waals surface area (Å²) < 4.78 is 2.69. The van der Waals surface area contributed by atoms with Crippen LogP contribution in [0.15, 0.2) is 47.1 Å². The minimum atomic E-state index is -0.226. The zero-order chi connectivity index (χ0) is 16.1. The van der Waals surface area contributed by atoms with E-state index >= 15 is 0 Å². The third kappa shape index (κ3) is 3.98. The van der Waals surface area contributed by atoms with Crippen molar-refractivity contribution in [2.45, 2.75) is 13.5 Å². The molecule has 0 fully saturated rings. The van der Waals surface area contributed by atoms with E-state index in [4.69, 9.17) is 0 Å². The first-order chi connectivity index (χ1) is 10.5. The summed E-state index contributed by atoms with van der Waals surface area (Å²) in [4.78, 5) is 25.8. The summed E-state index contributed by atoms with van der Waals surface area (Å²) >= 11 is 3.37. The summed E-state index contributed by atoms with van der Waals surface area (Å²) in [5.41, 5.74) is 1.28. The van der Waals surface area contributed by atoms with E-state index in [1.165, 1.54) is 4.90 Å². The molecule has 0 saturated heterocycles. The number of halogens is 1. The molecule has 5 nitrogen and oxygen atoms in total. The van der Waals surface area contributed by atoms with E-state index in [0.29, 0.717) is 17.9 Å². The van der Waals surface area contributed by atoms with E-state index in [2.05, 4.69) is 21.2 Å². The molecule has 0 bridgehead atoms. The lowest BCUT2D eigenvalue weighted by Gasteiger charge is -2.17. The number of aromatic nitrogens is 1.